The number of benzene rings is 2. The first-order valence-corrected chi connectivity index (χ1v) is 7.33. The largest absolute Gasteiger partial charge is 0.377 e. The molecule has 0 amide bonds. The van der Waals surface area contributed by atoms with Crippen LogP contribution in [0, 0.1) is 15.9 Å². The van der Waals surface area contributed by atoms with E-state index in [1.807, 2.05) is 0 Å². The summed E-state index contributed by atoms with van der Waals surface area (Å²) < 4.78 is 14.5. The summed E-state index contributed by atoms with van der Waals surface area (Å²) in [6.45, 7) is 0. The summed E-state index contributed by atoms with van der Waals surface area (Å²) in [5, 5.41) is 14.2. The second kappa shape index (κ2) is 5.44. The average molecular weight is 351 g/mol. The number of halogens is 2. The first-order chi connectivity index (χ1) is 10.1. The molecule has 0 saturated heterocycles. The molecule has 1 atom stereocenters. The molecule has 1 aliphatic heterocycles. The van der Waals surface area contributed by atoms with Gasteiger partial charge in [-0.2, -0.15) is 0 Å². The van der Waals surface area contributed by atoms with Crippen molar-refractivity contribution < 1.29 is 9.31 Å². The summed E-state index contributed by atoms with van der Waals surface area (Å²) in [4.78, 5) is 10.5. The Morgan fingerprint density at radius 2 is 2.10 bits per heavy atom. The number of anilines is 1. The van der Waals surface area contributed by atoms with Gasteiger partial charge in [0.1, 0.15) is 5.82 Å². The Morgan fingerprint density at radius 1 is 1.33 bits per heavy atom. The maximum atomic E-state index is 13.9. The van der Waals surface area contributed by atoms with Crippen LogP contribution in [-0.4, -0.2) is 4.92 Å². The highest BCUT2D eigenvalue weighted by molar-refractivity contribution is 9.10. The Hall–Kier alpha value is -1.95. The third-order valence-electron chi connectivity index (χ3n) is 3.67. The van der Waals surface area contributed by atoms with Gasteiger partial charge in [0.15, 0.2) is 0 Å². The van der Waals surface area contributed by atoms with Crippen LogP contribution in [0.2, 0.25) is 0 Å². The van der Waals surface area contributed by atoms with E-state index in [-0.39, 0.29) is 17.5 Å². The van der Waals surface area contributed by atoms with Crippen LogP contribution in [0.1, 0.15) is 23.6 Å². The molecule has 3 rings (SSSR count). The number of rotatable bonds is 2. The quantitative estimate of drug-likeness (QED) is 0.636. The fourth-order valence-corrected chi connectivity index (χ4v) is 3.25. The average Bonchev–Trinajstić information content (AvgIpc) is 2.47. The van der Waals surface area contributed by atoms with Gasteiger partial charge in [0, 0.05) is 22.2 Å². The Morgan fingerprint density at radius 3 is 2.81 bits per heavy atom. The highest BCUT2D eigenvalue weighted by Gasteiger charge is 2.25. The third kappa shape index (κ3) is 2.63. The lowest BCUT2D eigenvalue weighted by molar-refractivity contribution is -0.385. The number of nitro benzene ring substituents is 1. The molecular formula is C15H12BrFN2O2. The lowest BCUT2D eigenvalue weighted by Crippen LogP contribution is -2.19. The molecule has 108 valence electrons. The molecule has 0 aromatic heterocycles. The second-order valence-corrected chi connectivity index (χ2v) is 5.83. The maximum absolute atomic E-state index is 13.9. The first-order valence-electron chi connectivity index (χ1n) is 6.54. The van der Waals surface area contributed by atoms with Crippen LogP contribution in [0.15, 0.2) is 40.9 Å². The summed E-state index contributed by atoms with van der Waals surface area (Å²) in [6, 6.07) is 9.58. The molecule has 1 N–H and O–H groups in total. The van der Waals surface area contributed by atoms with Crippen molar-refractivity contribution in [3.63, 3.8) is 0 Å². The number of nitrogens with zero attached hydrogens (tertiary/aromatic N) is 1. The molecule has 1 unspecified atom stereocenters. The third-order valence-corrected chi connectivity index (χ3v) is 4.29. The van der Waals surface area contributed by atoms with Crippen LogP contribution >= 0.6 is 15.9 Å². The van der Waals surface area contributed by atoms with Gasteiger partial charge in [0.25, 0.3) is 5.69 Å². The van der Waals surface area contributed by atoms with Crippen molar-refractivity contribution >= 4 is 27.3 Å². The zero-order chi connectivity index (χ0) is 15.0. The number of nitrogens with one attached hydrogen (secondary N) is 1. The lowest BCUT2D eigenvalue weighted by Gasteiger charge is -2.28. The van der Waals surface area contributed by atoms with E-state index in [0.717, 1.165) is 11.3 Å². The predicted octanol–water partition coefficient (Wildman–Crippen LogP) is 4.60. The summed E-state index contributed by atoms with van der Waals surface area (Å²) in [5.41, 5.74) is 2.36. The normalized spacial score (nSPS) is 17.0. The van der Waals surface area contributed by atoms with Gasteiger partial charge in [-0.05, 0) is 40.4 Å². The van der Waals surface area contributed by atoms with Crippen molar-refractivity contribution in [2.24, 2.45) is 0 Å². The Balaban J connectivity index is 1.96. The van der Waals surface area contributed by atoms with E-state index in [2.05, 4.69) is 21.2 Å². The number of non-ortho nitro benzene ring substituents is 1. The van der Waals surface area contributed by atoms with E-state index in [1.165, 1.54) is 12.1 Å². The van der Waals surface area contributed by atoms with Gasteiger partial charge in [-0.3, -0.25) is 10.1 Å². The van der Waals surface area contributed by atoms with Crippen LogP contribution in [-0.2, 0) is 6.42 Å². The molecule has 0 radical (unpaired) electrons. The minimum atomic E-state index is -0.409. The molecule has 4 nitrogen and oxygen atoms in total. The molecule has 2 aromatic carbocycles. The monoisotopic (exact) mass is 350 g/mol. The summed E-state index contributed by atoms with van der Waals surface area (Å²) in [7, 11) is 0. The molecule has 0 spiro atoms. The molecule has 0 bridgehead atoms. The van der Waals surface area contributed by atoms with E-state index in [0.29, 0.717) is 22.9 Å². The topological polar surface area (TPSA) is 55.2 Å². The first kappa shape index (κ1) is 14.0. The van der Waals surface area contributed by atoms with Crippen LogP contribution in [0.4, 0.5) is 15.8 Å². The molecule has 21 heavy (non-hydrogen) atoms. The fraction of sp³-hybridized carbons (Fsp3) is 0.200. The summed E-state index contributed by atoms with van der Waals surface area (Å²) in [5.74, 6) is -0.239. The van der Waals surface area contributed by atoms with Crippen molar-refractivity contribution in [2.75, 3.05) is 5.32 Å². The predicted molar refractivity (Wildman–Crippen MR) is 81.9 cm³/mol. The highest BCUT2D eigenvalue weighted by Crippen LogP contribution is 2.40. The molecule has 0 fully saturated rings. The van der Waals surface area contributed by atoms with Crippen LogP contribution < -0.4 is 5.32 Å². The number of hydrogen-bond acceptors (Lipinski definition) is 3. The van der Waals surface area contributed by atoms with Crippen molar-refractivity contribution in [3.05, 3.63) is 67.9 Å². The van der Waals surface area contributed by atoms with E-state index in [9.17, 15) is 14.5 Å². The van der Waals surface area contributed by atoms with Gasteiger partial charge in [0.2, 0.25) is 0 Å². The summed E-state index contributed by atoms with van der Waals surface area (Å²) in [6.07, 6.45) is 1.36. The number of hydrogen-bond donors (Lipinski definition) is 1. The van der Waals surface area contributed by atoms with Gasteiger partial charge in [-0.25, -0.2) is 4.39 Å². The highest BCUT2D eigenvalue weighted by atomic mass is 79.9. The molecule has 1 aliphatic rings. The zero-order valence-corrected chi connectivity index (χ0v) is 12.6. The van der Waals surface area contributed by atoms with Crippen LogP contribution in [0.5, 0.6) is 0 Å². The van der Waals surface area contributed by atoms with Gasteiger partial charge < -0.3 is 5.32 Å². The minimum Gasteiger partial charge on any atom is -0.377 e. The lowest BCUT2D eigenvalue weighted by atomic mass is 9.93. The number of aryl methyl sites for hydroxylation is 1. The van der Waals surface area contributed by atoms with Crippen molar-refractivity contribution in [3.8, 4) is 0 Å². The van der Waals surface area contributed by atoms with Gasteiger partial charge in [-0.1, -0.05) is 18.2 Å². The van der Waals surface area contributed by atoms with Crippen molar-refractivity contribution in [1.82, 2.24) is 0 Å². The van der Waals surface area contributed by atoms with Crippen molar-refractivity contribution in [2.45, 2.75) is 18.9 Å². The zero-order valence-electron chi connectivity index (χ0n) is 11.0. The standard InChI is InChI=1S/C15H12BrFN2O2/c16-12-8-10(19(20)21)7-9-5-6-14(18-15(9)12)11-3-1-2-4-13(11)17/h1-4,7-8,14,18H,5-6H2. The summed E-state index contributed by atoms with van der Waals surface area (Å²) >= 11 is 3.36. The Bertz CT molecular complexity index is 721. The SMILES string of the molecule is O=[N+]([O-])c1cc(Br)c2c(c1)CCC(c1ccccc1F)N2. The number of nitro groups is 1. The molecule has 1 heterocycles. The van der Waals surface area contributed by atoms with Gasteiger partial charge in [-0.15, -0.1) is 0 Å². The number of fused-ring (bicyclic) bond motifs is 1. The van der Waals surface area contributed by atoms with Crippen LogP contribution in [0.25, 0.3) is 0 Å². The van der Waals surface area contributed by atoms with Gasteiger partial charge in [0.05, 0.1) is 16.7 Å². The Kier molecular flexibility index (Phi) is 3.63. The van der Waals surface area contributed by atoms with E-state index in [4.69, 9.17) is 0 Å². The Labute approximate surface area is 129 Å². The smallest absolute Gasteiger partial charge is 0.270 e. The molecule has 2 aromatic rings. The van der Waals surface area contributed by atoms with E-state index < -0.39 is 4.92 Å². The van der Waals surface area contributed by atoms with Crippen molar-refractivity contribution in [1.29, 1.82) is 0 Å². The molecule has 0 saturated carbocycles. The van der Waals surface area contributed by atoms with E-state index in [1.54, 1.807) is 24.3 Å². The van der Waals surface area contributed by atoms with Crippen LogP contribution in [0.3, 0.4) is 0 Å². The molecule has 0 aliphatic carbocycles. The maximum Gasteiger partial charge on any atom is 0.270 e. The fourth-order valence-electron chi connectivity index (χ4n) is 2.65. The minimum absolute atomic E-state index is 0.0618. The second-order valence-electron chi connectivity index (χ2n) is 4.98. The van der Waals surface area contributed by atoms with E-state index >= 15 is 0 Å². The van der Waals surface area contributed by atoms with Gasteiger partial charge >= 0.3 is 0 Å². The molecular weight excluding hydrogens is 339 g/mol. The molecule has 6 heteroatoms.